The Bertz CT molecular complexity index is 474. The molecule has 4 nitrogen and oxygen atoms in total. The van der Waals surface area contributed by atoms with Gasteiger partial charge in [-0.2, -0.15) is 8.42 Å². The summed E-state index contributed by atoms with van der Waals surface area (Å²) in [4.78, 5) is 0.184. The maximum atomic E-state index is 11.9. The van der Waals surface area contributed by atoms with Crippen molar-refractivity contribution in [1.29, 1.82) is 0 Å². The fourth-order valence-corrected chi connectivity index (χ4v) is 2.18. The number of ether oxygens (including phenoxy) is 1. The van der Waals surface area contributed by atoms with E-state index in [9.17, 15) is 8.42 Å². The molecule has 0 aliphatic rings. The highest BCUT2D eigenvalue weighted by molar-refractivity contribution is 7.86. The van der Waals surface area contributed by atoms with Crippen LogP contribution in [0, 0.1) is 6.92 Å². The first-order chi connectivity index (χ1) is 8.27. The monoisotopic (exact) mass is 272 g/mol. The minimum absolute atomic E-state index is 0.108. The van der Waals surface area contributed by atoms with Gasteiger partial charge in [-0.1, -0.05) is 17.7 Å². The number of hydrogen-bond acceptors (Lipinski definition) is 4. The Hall–Kier alpha value is -0.910. The Morgan fingerprint density at radius 3 is 2.22 bits per heavy atom. The molecule has 0 unspecified atom stereocenters. The van der Waals surface area contributed by atoms with Gasteiger partial charge >= 0.3 is 0 Å². The van der Waals surface area contributed by atoms with E-state index in [4.69, 9.17) is 8.92 Å². The Balaban J connectivity index is 2.63. The van der Waals surface area contributed by atoms with Crippen LogP contribution in [0.5, 0.6) is 0 Å². The zero-order valence-corrected chi connectivity index (χ0v) is 12.1. The molecule has 0 saturated heterocycles. The molecule has 5 heteroatoms. The lowest BCUT2D eigenvalue weighted by atomic mass is 10.1. The van der Waals surface area contributed by atoms with Crippen molar-refractivity contribution in [1.82, 2.24) is 0 Å². The van der Waals surface area contributed by atoms with Crippen LogP contribution in [0.4, 0.5) is 0 Å². The van der Waals surface area contributed by atoms with Crippen LogP contribution in [0.2, 0.25) is 0 Å². The first kappa shape index (κ1) is 15.1. The number of hydrogen-bond donors (Lipinski definition) is 0. The Labute approximate surface area is 109 Å². The van der Waals surface area contributed by atoms with Crippen LogP contribution in [0.1, 0.15) is 25.8 Å². The van der Waals surface area contributed by atoms with E-state index in [0.717, 1.165) is 5.56 Å². The highest BCUT2D eigenvalue weighted by Crippen LogP contribution is 2.17. The van der Waals surface area contributed by atoms with Crippen LogP contribution in [0.25, 0.3) is 0 Å². The second-order valence-corrected chi connectivity index (χ2v) is 6.42. The molecule has 0 fully saturated rings. The molecule has 0 N–H and O–H groups in total. The average Bonchev–Trinajstić information content (AvgIpc) is 2.29. The van der Waals surface area contributed by atoms with Gasteiger partial charge in [0.2, 0.25) is 0 Å². The van der Waals surface area contributed by atoms with E-state index in [-0.39, 0.29) is 17.1 Å². The molecule has 0 heterocycles. The van der Waals surface area contributed by atoms with Gasteiger partial charge in [0.05, 0.1) is 17.1 Å². The molecule has 1 aromatic carbocycles. The highest BCUT2D eigenvalue weighted by atomic mass is 32.2. The van der Waals surface area contributed by atoms with Gasteiger partial charge in [-0.3, -0.25) is 4.18 Å². The summed E-state index contributed by atoms with van der Waals surface area (Å²) in [6, 6.07) is 6.59. The third kappa shape index (κ3) is 4.40. The van der Waals surface area contributed by atoms with E-state index in [1.807, 2.05) is 20.8 Å². The van der Waals surface area contributed by atoms with Crippen molar-refractivity contribution >= 4 is 10.1 Å². The third-order valence-electron chi connectivity index (χ3n) is 2.80. The summed E-state index contributed by atoms with van der Waals surface area (Å²) in [5, 5.41) is 0. The third-order valence-corrected chi connectivity index (χ3v) is 4.13. The molecule has 0 radical (unpaired) electrons. The zero-order valence-electron chi connectivity index (χ0n) is 11.3. The molecular weight excluding hydrogens is 252 g/mol. The van der Waals surface area contributed by atoms with E-state index in [1.54, 1.807) is 31.4 Å². The molecule has 0 aliphatic heterocycles. The molecule has 0 atom stereocenters. The summed E-state index contributed by atoms with van der Waals surface area (Å²) in [6.07, 6.45) is 0.509. The largest absolute Gasteiger partial charge is 0.379 e. The smallest absolute Gasteiger partial charge is 0.296 e. The predicted octanol–water partition coefficient (Wildman–Crippen LogP) is 2.52. The number of rotatable bonds is 6. The molecule has 0 bridgehead atoms. The summed E-state index contributed by atoms with van der Waals surface area (Å²) < 4.78 is 33.9. The van der Waals surface area contributed by atoms with Crippen molar-refractivity contribution in [3.8, 4) is 0 Å². The van der Waals surface area contributed by atoms with Crippen LogP contribution in [-0.2, 0) is 19.0 Å². The number of aryl methyl sites for hydroxylation is 1. The molecular formula is C13H20O4S. The Morgan fingerprint density at radius 2 is 1.72 bits per heavy atom. The average molecular weight is 272 g/mol. The number of benzene rings is 1. The maximum absolute atomic E-state index is 11.9. The van der Waals surface area contributed by atoms with Gasteiger partial charge in [0, 0.05) is 13.5 Å². The van der Waals surface area contributed by atoms with Gasteiger partial charge in [-0.15, -0.1) is 0 Å². The first-order valence-electron chi connectivity index (χ1n) is 5.78. The molecule has 1 rings (SSSR count). The van der Waals surface area contributed by atoms with Crippen LogP contribution in [-0.4, -0.2) is 27.7 Å². The quantitative estimate of drug-likeness (QED) is 0.747. The van der Waals surface area contributed by atoms with Gasteiger partial charge in [-0.25, -0.2) is 0 Å². The molecule has 1 aromatic rings. The first-order valence-corrected chi connectivity index (χ1v) is 7.19. The summed E-state index contributed by atoms with van der Waals surface area (Å²) in [5.74, 6) is 0. The van der Waals surface area contributed by atoms with Crippen LogP contribution < -0.4 is 0 Å². The molecule has 0 spiro atoms. The van der Waals surface area contributed by atoms with Crippen molar-refractivity contribution in [2.45, 2.75) is 37.7 Å². The van der Waals surface area contributed by atoms with Crippen molar-refractivity contribution in [2.24, 2.45) is 0 Å². The molecule has 18 heavy (non-hydrogen) atoms. The lowest BCUT2D eigenvalue weighted by Gasteiger charge is -2.22. The Kier molecular flexibility index (Phi) is 4.90. The van der Waals surface area contributed by atoms with Crippen molar-refractivity contribution in [3.63, 3.8) is 0 Å². The summed E-state index contributed by atoms with van der Waals surface area (Å²) in [6.45, 7) is 5.78. The van der Waals surface area contributed by atoms with E-state index >= 15 is 0 Å². The predicted molar refractivity (Wildman–Crippen MR) is 70.0 cm³/mol. The number of methoxy groups -OCH3 is 1. The maximum Gasteiger partial charge on any atom is 0.296 e. The van der Waals surface area contributed by atoms with E-state index in [1.165, 1.54) is 0 Å². The molecule has 102 valence electrons. The second-order valence-electron chi connectivity index (χ2n) is 4.80. The molecule has 0 saturated carbocycles. The fraction of sp³-hybridized carbons (Fsp3) is 0.538. The SMILES string of the molecule is COC(C)(C)CCOS(=O)(=O)c1ccc(C)cc1. The van der Waals surface area contributed by atoms with Gasteiger partial charge in [0.1, 0.15) is 0 Å². The summed E-state index contributed by atoms with van der Waals surface area (Å²) in [7, 11) is -2.07. The Morgan fingerprint density at radius 1 is 1.17 bits per heavy atom. The summed E-state index contributed by atoms with van der Waals surface area (Å²) in [5.41, 5.74) is 0.623. The van der Waals surface area contributed by atoms with Gasteiger partial charge in [-0.05, 0) is 32.9 Å². The van der Waals surface area contributed by atoms with Crippen LogP contribution in [0.15, 0.2) is 29.2 Å². The highest BCUT2D eigenvalue weighted by Gasteiger charge is 2.20. The minimum atomic E-state index is -3.66. The standard InChI is InChI=1S/C13H20O4S/c1-11-5-7-12(8-6-11)18(14,15)17-10-9-13(2,3)16-4/h5-8H,9-10H2,1-4H3. The lowest BCUT2D eigenvalue weighted by molar-refractivity contribution is 0.00610. The van der Waals surface area contributed by atoms with E-state index in [0.29, 0.717) is 6.42 Å². The molecule has 0 amide bonds. The van der Waals surface area contributed by atoms with Crippen molar-refractivity contribution in [3.05, 3.63) is 29.8 Å². The van der Waals surface area contributed by atoms with Gasteiger partial charge < -0.3 is 4.74 Å². The minimum Gasteiger partial charge on any atom is -0.379 e. The van der Waals surface area contributed by atoms with Gasteiger partial charge in [0.15, 0.2) is 0 Å². The lowest BCUT2D eigenvalue weighted by Crippen LogP contribution is -2.25. The molecule has 0 aliphatic carbocycles. The van der Waals surface area contributed by atoms with E-state index in [2.05, 4.69) is 0 Å². The van der Waals surface area contributed by atoms with Crippen molar-refractivity contribution < 1.29 is 17.3 Å². The zero-order chi connectivity index (χ0) is 13.8. The van der Waals surface area contributed by atoms with Crippen LogP contribution >= 0.6 is 0 Å². The van der Waals surface area contributed by atoms with Crippen molar-refractivity contribution in [2.75, 3.05) is 13.7 Å². The molecule has 0 aromatic heterocycles. The normalized spacial score (nSPS) is 12.7. The fourth-order valence-electron chi connectivity index (χ4n) is 1.27. The summed E-state index contributed by atoms with van der Waals surface area (Å²) >= 11 is 0. The van der Waals surface area contributed by atoms with Crippen LogP contribution in [0.3, 0.4) is 0 Å². The topological polar surface area (TPSA) is 52.6 Å². The van der Waals surface area contributed by atoms with E-state index < -0.39 is 10.1 Å². The van der Waals surface area contributed by atoms with Gasteiger partial charge in [0.25, 0.3) is 10.1 Å². The second kappa shape index (κ2) is 5.82.